The van der Waals surface area contributed by atoms with Crippen LogP contribution in [0.25, 0.3) is 31.8 Å². The Morgan fingerprint density at radius 1 is 1.25 bits per heavy atom. The van der Waals surface area contributed by atoms with Crippen LogP contribution in [0.4, 0.5) is 4.39 Å². The van der Waals surface area contributed by atoms with Gasteiger partial charge in [0.1, 0.15) is 5.82 Å². The lowest BCUT2D eigenvalue weighted by atomic mass is 10.0. The maximum Gasteiger partial charge on any atom is 0.256 e. The zero-order chi connectivity index (χ0) is 16.7. The lowest BCUT2D eigenvalue weighted by Crippen LogP contribution is -2.05. The molecule has 4 aromatic rings. The molecule has 2 aromatic carbocycles. The number of nitrogens with zero attached hydrogens (tertiary/aromatic N) is 2. The number of pyridine rings is 1. The second-order valence-corrected chi connectivity index (χ2v) is 6.67. The molecule has 0 aliphatic rings. The molecule has 0 aliphatic carbocycles. The summed E-state index contributed by atoms with van der Waals surface area (Å²) in [7, 11) is 0. The van der Waals surface area contributed by atoms with Crippen molar-refractivity contribution in [3.63, 3.8) is 0 Å². The van der Waals surface area contributed by atoms with E-state index in [1.165, 1.54) is 23.5 Å². The number of hydrogen-bond acceptors (Lipinski definition) is 4. The molecule has 0 saturated heterocycles. The predicted molar refractivity (Wildman–Crippen MR) is 93.8 cm³/mol. The average Bonchev–Trinajstić information content (AvgIpc) is 2.99. The number of thiazole rings is 1. The van der Waals surface area contributed by atoms with Gasteiger partial charge in [0.05, 0.1) is 26.7 Å². The summed E-state index contributed by atoms with van der Waals surface area (Å²) in [6.07, 6.45) is 3.56. The van der Waals surface area contributed by atoms with Gasteiger partial charge in [0.15, 0.2) is 0 Å². The van der Waals surface area contributed by atoms with E-state index in [4.69, 9.17) is 10.2 Å². The third kappa shape index (κ3) is 2.25. The number of fused-ring (bicyclic) bond motifs is 6. The summed E-state index contributed by atoms with van der Waals surface area (Å²) in [5.74, 6) is -0.379. The third-order valence-electron chi connectivity index (χ3n) is 4.06. The molecular formula is C18H12FN3OS. The second kappa shape index (κ2) is 5.69. The Hall–Kier alpha value is -2.78. The molecule has 0 spiro atoms. The number of H-pyrrole nitrogens is 1. The van der Waals surface area contributed by atoms with Crippen molar-refractivity contribution in [3.8, 4) is 6.07 Å². The average molecular weight is 337 g/mol. The summed E-state index contributed by atoms with van der Waals surface area (Å²) in [4.78, 5) is 19.7. The van der Waals surface area contributed by atoms with Crippen molar-refractivity contribution in [3.05, 3.63) is 51.6 Å². The van der Waals surface area contributed by atoms with Crippen LogP contribution in [0.2, 0.25) is 0 Å². The number of aromatic nitrogens is 2. The molecule has 2 heterocycles. The van der Waals surface area contributed by atoms with Gasteiger partial charge in [0.2, 0.25) is 0 Å². The first-order chi connectivity index (χ1) is 11.7. The Balaban J connectivity index is 2.10. The number of nitrogens with one attached hydrogen (secondary N) is 1. The molecule has 4 rings (SSSR count). The first kappa shape index (κ1) is 14.8. The molecule has 0 saturated carbocycles. The number of aryl methyl sites for hydroxylation is 1. The van der Waals surface area contributed by atoms with E-state index in [9.17, 15) is 9.18 Å². The van der Waals surface area contributed by atoms with Crippen LogP contribution in [0.1, 0.15) is 17.8 Å². The first-order valence-corrected chi connectivity index (χ1v) is 8.39. The molecule has 24 heavy (non-hydrogen) atoms. The standard InChI is InChI=1S/C18H12FN3OS/c19-10-4-5-11-13(9-10)15-12(6-8-21-18(15)23)17-16(11)22-14(24-17)3-1-2-7-20/h4-6,8-9H,1-3H2,(H,21,23). The molecule has 0 amide bonds. The zero-order valence-corrected chi connectivity index (χ0v) is 13.4. The minimum atomic E-state index is -0.379. The smallest absolute Gasteiger partial charge is 0.256 e. The van der Waals surface area contributed by atoms with Gasteiger partial charge >= 0.3 is 0 Å². The van der Waals surface area contributed by atoms with E-state index in [2.05, 4.69) is 11.1 Å². The predicted octanol–water partition coefficient (Wildman–Crippen LogP) is 4.28. The zero-order valence-electron chi connectivity index (χ0n) is 12.6. The molecule has 0 atom stereocenters. The summed E-state index contributed by atoms with van der Waals surface area (Å²) < 4.78 is 14.7. The number of unbranched alkanes of at least 4 members (excludes halogenated alkanes) is 1. The van der Waals surface area contributed by atoms with E-state index in [0.29, 0.717) is 17.2 Å². The number of rotatable bonds is 3. The summed E-state index contributed by atoms with van der Waals surface area (Å²) in [5.41, 5.74) is 0.560. The normalized spacial score (nSPS) is 11.3. The van der Waals surface area contributed by atoms with Crippen molar-refractivity contribution < 1.29 is 4.39 Å². The number of halogens is 1. The summed E-state index contributed by atoms with van der Waals surface area (Å²) in [6.45, 7) is 0. The van der Waals surface area contributed by atoms with Crippen molar-refractivity contribution in [1.29, 1.82) is 5.26 Å². The number of benzene rings is 2. The van der Waals surface area contributed by atoms with Crippen LogP contribution in [0.15, 0.2) is 35.3 Å². The van der Waals surface area contributed by atoms with Gasteiger partial charge in [-0.2, -0.15) is 5.26 Å². The molecule has 0 bridgehead atoms. The van der Waals surface area contributed by atoms with E-state index < -0.39 is 0 Å². The third-order valence-corrected chi connectivity index (χ3v) is 5.21. The molecule has 0 unspecified atom stereocenters. The summed E-state index contributed by atoms with van der Waals surface area (Å²) in [6, 6.07) is 8.42. The molecule has 0 radical (unpaired) electrons. The highest BCUT2D eigenvalue weighted by molar-refractivity contribution is 7.19. The highest BCUT2D eigenvalue weighted by atomic mass is 32.1. The summed E-state index contributed by atoms with van der Waals surface area (Å²) in [5, 5.41) is 12.2. The van der Waals surface area contributed by atoms with Gasteiger partial charge in [-0.1, -0.05) is 0 Å². The maximum atomic E-state index is 13.7. The van der Waals surface area contributed by atoms with Crippen molar-refractivity contribution in [2.75, 3.05) is 0 Å². The molecule has 6 heteroatoms. The van der Waals surface area contributed by atoms with Gasteiger partial charge < -0.3 is 4.98 Å². The molecule has 4 nitrogen and oxygen atoms in total. The largest absolute Gasteiger partial charge is 0.329 e. The fraction of sp³-hybridized carbons (Fsp3) is 0.167. The Kier molecular flexibility index (Phi) is 3.51. The minimum Gasteiger partial charge on any atom is -0.329 e. The van der Waals surface area contributed by atoms with Crippen molar-refractivity contribution in [2.45, 2.75) is 19.3 Å². The van der Waals surface area contributed by atoms with Gasteiger partial charge in [-0.05, 0) is 30.7 Å². The van der Waals surface area contributed by atoms with Crippen LogP contribution in [0.5, 0.6) is 0 Å². The fourth-order valence-corrected chi connectivity index (χ4v) is 4.17. The van der Waals surface area contributed by atoms with E-state index in [-0.39, 0.29) is 11.4 Å². The lowest BCUT2D eigenvalue weighted by Gasteiger charge is -2.05. The van der Waals surface area contributed by atoms with Crippen LogP contribution in [0.3, 0.4) is 0 Å². The molecule has 0 fully saturated rings. The van der Waals surface area contributed by atoms with E-state index in [1.807, 2.05) is 6.07 Å². The van der Waals surface area contributed by atoms with Gasteiger partial charge in [-0.3, -0.25) is 4.79 Å². The van der Waals surface area contributed by atoms with Crippen molar-refractivity contribution >= 4 is 43.1 Å². The molecule has 1 N–H and O–H groups in total. The van der Waals surface area contributed by atoms with Crippen LogP contribution in [0, 0.1) is 17.1 Å². The fourth-order valence-electron chi connectivity index (χ4n) is 3.02. The topological polar surface area (TPSA) is 69.5 Å². The lowest BCUT2D eigenvalue weighted by molar-refractivity contribution is 0.630. The first-order valence-electron chi connectivity index (χ1n) is 7.58. The molecule has 118 valence electrons. The van der Waals surface area contributed by atoms with E-state index >= 15 is 0 Å². The van der Waals surface area contributed by atoms with Gasteiger partial charge in [0.25, 0.3) is 5.56 Å². The number of aromatic amines is 1. The van der Waals surface area contributed by atoms with Crippen molar-refractivity contribution in [2.24, 2.45) is 0 Å². The number of hydrogen-bond donors (Lipinski definition) is 1. The quantitative estimate of drug-likeness (QED) is 0.448. The van der Waals surface area contributed by atoms with Crippen LogP contribution < -0.4 is 5.56 Å². The highest BCUT2D eigenvalue weighted by Crippen LogP contribution is 2.36. The maximum absolute atomic E-state index is 13.7. The monoisotopic (exact) mass is 337 g/mol. The Morgan fingerprint density at radius 3 is 2.96 bits per heavy atom. The SMILES string of the molecule is N#CCCCc1nc2c3ccc(F)cc3c3c(=O)[nH]ccc3c2s1. The highest BCUT2D eigenvalue weighted by Gasteiger charge is 2.15. The summed E-state index contributed by atoms with van der Waals surface area (Å²) >= 11 is 1.54. The van der Waals surface area contributed by atoms with Gasteiger partial charge in [-0.25, -0.2) is 9.37 Å². The number of nitriles is 1. The second-order valence-electron chi connectivity index (χ2n) is 5.58. The van der Waals surface area contributed by atoms with Gasteiger partial charge in [-0.15, -0.1) is 11.3 Å². The van der Waals surface area contributed by atoms with Crippen LogP contribution >= 0.6 is 11.3 Å². The molecule has 2 aromatic heterocycles. The van der Waals surface area contributed by atoms with E-state index in [1.54, 1.807) is 12.3 Å². The Bertz CT molecular complexity index is 1190. The van der Waals surface area contributed by atoms with Crippen LogP contribution in [-0.4, -0.2) is 9.97 Å². The van der Waals surface area contributed by atoms with Crippen molar-refractivity contribution in [1.82, 2.24) is 9.97 Å². The van der Waals surface area contributed by atoms with Crippen LogP contribution in [-0.2, 0) is 6.42 Å². The Labute approximate surface area is 140 Å². The Morgan fingerprint density at radius 2 is 2.12 bits per heavy atom. The molecular weight excluding hydrogens is 325 g/mol. The van der Waals surface area contributed by atoms with Gasteiger partial charge in [0, 0.05) is 35.2 Å². The molecule has 0 aliphatic heterocycles. The van der Waals surface area contributed by atoms with E-state index in [0.717, 1.165) is 38.8 Å². The minimum absolute atomic E-state index is 0.232.